The molecule has 1 unspecified atom stereocenters. The Bertz CT molecular complexity index is 278. The van der Waals surface area contributed by atoms with Gasteiger partial charge in [0.25, 0.3) is 0 Å². The third kappa shape index (κ3) is 2.79. The molecule has 0 spiro atoms. The molecule has 1 aromatic heterocycles. The number of hydrogen-bond donors (Lipinski definition) is 3. The molecule has 1 aliphatic carbocycles. The van der Waals surface area contributed by atoms with Gasteiger partial charge in [0.15, 0.2) is 0 Å². The van der Waals surface area contributed by atoms with Crippen LogP contribution in [0.5, 0.6) is 0 Å². The van der Waals surface area contributed by atoms with Crippen LogP contribution >= 0.6 is 0 Å². The van der Waals surface area contributed by atoms with Crippen molar-refractivity contribution in [2.24, 2.45) is 0 Å². The van der Waals surface area contributed by atoms with Crippen molar-refractivity contribution in [2.75, 3.05) is 0 Å². The summed E-state index contributed by atoms with van der Waals surface area (Å²) in [5.74, 6) is 0.987. The lowest BCUT2D eigenvalue weighted by molar-refractivity contribution is 0.114. The Morgan fingerprint density at radius 2 is 2.20 bits per heavy atom. The van der Waals surface area contributed by atoms with E-state index < -0.39 is 0 Å². The van der Waals surface area contributed by atoms with Crippen molar-refractivity contribution in [1.29, 1.82) is 0 Å². The lowest BCUT2D eigenvalue weighted by Gasteiger charge is -2.28. The van der Waals surface area contributed by atoms with E-state index in [9.17, 15) is 5.11 Å². The van der Waals surface area contributed by atoms with Gasteiger partial charge in [0.1, 0.15) is 5.82 Å². The summed E-state index contributed by atoms with van der Waals surface area (Å²) >= 11 is 0. The van der Waals surface area contributed by atoms with Crippen LogP contribution < -0.4 is 5.32 Å². The van der Waals surface area contributed by atoms with Gasteiger partial charge in [-0.3, -0.25) is 0 Å². The number of aliphatic hydroxyl groups excluding tert-OH is 1. The van der Waals surface area contributed by atoms with E-state index in [1.807, 2.05) is 6.20 Å². The van der Waals surface area contributed by atoms with Gasteiger partial charge in [-0.2, -0.15) is 0 Å². The first-order chi connectivity index (χ1) is 7.25. The molecule has 4 heteroatoms. The Morgan fingerprint density at radius 3 is 2.80 bits per heavy atom. The largest absolute Gasteiger partial charge is 0.393 e. The van der Waals surface area contributed by atoms with E-state index in [1.54, 1.807) is 6.20 Å². The van der Waals surface area contributed by atoms with Gasteiger partial charge >= 0.3 is 0 Å². The number of H-pyrrole nitrogens is 1. The van der Waals surface area contributed by atoms with E-state index in [0.29, 0.717) is 6.04 Å². The normalized spacial score (nSPS) is 28.9. The molecule has 15 heavy (non-hydrogen) atoms. The van der Waals surface area contributed by atoms with Crippen LogP contribution in [0.25, 0.3) is 0 Å². The van der Waals surface area contributed by atoms with Gasteiger partial charge < -0.3 is 15.4 Å². The number of hydrogen-bond acceptors (Lipinski definition) is 3. The second-order valence-electron chi connectivity index (χ2n) is 4.37. The van der Waals surface area contributed by atoms with Crippen LogP contribution in [0.4, 0.5) is 0 Å². The quantitative estimate of drug-likeness (QED) is 0.704. The van der Waals surface area contributed by atoms with Crippen molar-refractivity contribution >= 4 is 0 Å². The maximum absolute atomic E-state index is 9.40. The minimum Gasteiger partial charge on any atom is -0.393 e. The van der Waals surface area contributed by atoms with Crippen molar-refractivity contribution in [1.82, 2.24) is 15.3 Å². The Labute approximate surface area is 90.1 Å². The van der Waals surface area contributed by atoms with Gasteiger partial charge in [-0.15, -0.1) is 0 Å². The Balaban J connectivity index is 1.82. The third-order valence-electron chi connectivity index (χ3n) is 3.11. The van der Waals surface area contributed by atoms with Crippen molar-refractivity contribution in [3.05, 3.63) is 18.2 Å². The average Bonchev–Trinajstić information content (AvgIpc) is 2.74. The first kappa shape index (κ1) is 10.6. The van der Waals surface area contributed by atoms with Crippen LogP contribution in [0.15, 0.2) is 12.4 Å². The van der Waals surface area contributed by atoms with Crippen molar-refractivity contribution in [3.8, 4) is 0 Å². The maximum Gasteiger partial charge on any atom is 0.122 e. The van der Waals surface area contributed by atoms with Crippen LogP contribution in [-0.2, 0) is 0 Å². The van der Waals surface area contributed by atoms with Gasteiger partial charge in [0.2, 0.25) is 0 Å². The maximum atomic E-state index is 9.40. The molecule has 2 rings (SSSR count). The topological polar surface area (TPSA) is 60.9 Å². The number of nitrogens with zero attached hydrogens (tertiary/aromatic N) is 1. The monoisotopic (exact) mass is 209 g/mol. The number of nitrogens with one attached hydrogen (secondary N) is 2. The van der Waals surface area contributed by atoms with Gasteiger partial charge in [-0.1, -0.05) is 0 Å². The smallest absolute Gasteiger partial charge is 0.122 e. The zero-order valence-electron chi connectivity index (χ0n) is 9.11. The molecule has 0 aliphatic heterocycles. The highest BCUT2D eigenvalue weighted by molar-refractivity contribution is 4.95. The van der Waals surface area contributed by atoms with Crippen molar-refractivity contribution in [2.45, 2.75) is 50.8 Å². The lowest BCUT2D eigenvalue weighted by Crippen LogP contribution is -2.36. The zero-order valence-corrected chi connectivity index (χ0v) is 9.11. The fraction of sp³-hybridized carbons (Fsp3) is 0.727. The first-order valence-corrected chi connectivity index (χ1v) is 5.69. The molecule has 1 aliphatic rings. The summed E-state index contributed by atoms with van der Waals surface area (Å²) in [5.41, 5.74) is 0. The summed E-state index contributed by atoms with van der Waals surface area (Å²) in [6.45, 7) is 2.11. The lowest BCUT2D eigenvalue weighted by atomic mass is 9.92. The first-order valence-electron chi connectivity index (χ1n) is 5.69. The van der Waals surface area contributed by atoms with E-state index in [-0.39, 0.29) is 12.1 Å². The molecule has 3 N–H and O–H groups in total. The molecule has 1 fully saturated rings. The SMILES string of the molecule is CC(NC1CCC(O)CC1)c1ncc[nH]1. The van der Waals surface area contributed by atoms with Gasteiger partial charge in [-0.05, 0) is 32.6 Å². The number of imidazole rings is 1. The van der Waals surface area contributed by atoms with Gasteiger partial charge in [0.05, 0.1) is 12.1 Å². The molecule has 1 heterocycles. The molecular formula is C11H19N3O. The van der Waals surface area contributed by atoms with Gasteiger partial charge in [0, 0.05) is 18.4 Å². The number of aromatic nitrogens is 2. The summed E-state index contributed by atoms with van der Waals surface area (Å²) in [6.07, 6.45) is 7.50. The highest BCUT2D eigenvalue weighted by Crippen LogP contribution is 2.20. The van der Waals surface area contributed by atoms with Crippen molar-refractivity contribution < 1.29 is 5.11 Å². The molecule has 84 valence electrons. The predicted octanol–water partition coefficient (Wildman–Crippen LogP) is 1.36. The highest BCUT2D eigenvalue weighted by Gasteiger charge is 2.21. The molecule has 4 nitrogen and oxygen atoms in total. The van der Waals surface area contributed by atoms with Gasteiger partial charge in [-0.25, -0.2) is 4.98 Å². The number of aromatic amines is 1. The van der Waals surface area contributed by atoms with Crippen LogP contribution in [0.3, 0.4) is 0 Å². The fourth-order valence-corrected chi connectivity index (χ4v) is 2.19. The van der Waals surface area contributed by atoms with Crippen LogP contribution in [-0.4, -0.2) is 27.2 Å². The van der Waals surface area contributed by atoms with E-state index in [0.717, 1.165) is 31.5 Å². The minimum absolute atomic E-state index is 0.0815. The fourth-order valence-electron chi connectivity index (χ4n) is 2.19. The second kappa shape index (κ2) is 4.77. The molecule has 1 aromatic rings. The van der Waals surface area contributed by atoms with Crippen LogP contribution in [0.1, 0.15) is 44.5 Å². The van der Waals surface area contributed by atoms with Crippen molar-refractivity contribution in [3.63, 3.8) is 0 Å². The standard InChI is InChI=1S/C11H19N3O/c1-8(11-12-6-7-13-11)14-9-2-4-10(15)5-3-9/h6-10,14-15H,2-5H2,1H3,(H,12,13). The summed E-state index contributed by atoms with van der Waals surface area (Å²) in [5, 5.41) is 12.9. The molecule has 1 atom stereocenters. The Kier molecular flexibility index (Phi) is 3.38. The molecule has 1 saturated carbocycles. The molecule has 0 radical (unpaired) electrons. The minimum atomic E-state index is -0.0815. The van der Waals surface area contributed by atoms with E-state index >= 15 is 0 Å². The Hall–Kier alpha value is -0.870. The number of aliphatic hydroxyl groups is 1. The second-order valence-corrected chi connectivity index (χ2v) is 4.37. The predicted molar refractivity (Wildman–Crippen MR) is 58.4 cm³/mol. The van der Waals surface area contributed by atoms with Crippen LogP contribution in [0, 0.1) is 0 Å². The molecule has 0 bridgehead atoms. The molecule has 0 aromatic carbocycles. The van der Waals surface area contributed by atoms with E-state index in [4.69, 9.17) is 0 Å². The third-order valence-corrected chi connectivity index (χ3v) is 3.11. The molecule has 0 saturated heterocycles. The molecule has 0 amide bonds. The summed E-state index contributed by atoms with van der Waals surface area (Å²) in [7, 11) is 0. The van der Waals surface area contributed by atoms with E-state index in [1.165, 1.54) is 0 Å². The molecular weight excluding hydrogens is 190 g/mol. The van der Waals surface area contributed by atoms with Crippen LogP contribution in [0.2, 0.25) is 0 Å². The average molecular weight is 209 g/mol. The zero-order chi connectivity index (χ0) is 10.7. The highest BCUT2D eigenvalue weighted by atomic mass is 16.3. The van der Waals surface area contributed by atoms with E-state index in [2.05, 4.69) is 22.2 Å². The summed E-state index contributed by atoms with van der Waals surface area (Å²) in [6, 6.07) is 0.786. The Morgan fingerprint density at radius 1 is 1.47 bits per heavy atom. The summed E-state index contributed by atoms with van der Waals surface area (Å²) < 4.78 is 0. The number of rotatable bonds is 3. The summed E-state index contributed by atoms with van der Waals surface area (Å²) in [4.78, 5) is 7.34.